The Morgan fingerprint density at radius 3 is 2.95 bits per heavy atom. The van der Waals surface area contributed by atoms with Gasteiger partial charge in [-0.2, -0.15) is 0 Å². The molecule has 1 aliphatic heterocycles. The molecule has 0 aromatic heterocycles. The van der Waals surface area contributed by atoms with Gasteiger partial charge in [0.05, 0.1) is 5.56 Å². The molecule has 1 amide bonds. The normalized spacial score (nSPS) is 18.9. The van der Waals surface area contributed by atoms with E-state index < -0.39 is 5.82 Å². The monoisotopic (exact) mass is 278 g/mol. The largest absolute Gasteiger partial charge is 0.342 e. The van der Waals surface area contributed by atoms with Gasteiger partial charge in [-0.3, -0.25) is 4.79 Å². The van der Waals surface area contributed by atoms with Crippen molar-refractivity contribution in [1.82, 2.24) is 10.2 Å². The van der Waals surface area contributed by atoms with E-state index in [0.29, 0.717) is 18.2 Å². The van der Waals surface area contributed by atoms with Gasteiger partial charge in [0.25, 0.3) is 5.91 Å². The number of piperidine rings is 1. The van der Waals surface area contributed by atoms with Gasteiger partial charge in [-0.1, -0.05) is 18.6 Å². The number of rotatable bonds is 4. The lowest BCUT2D eigenvalue weighted by molar-refractivity contribution is 0.0783. The van der Waals surface area contributed by atoms with Crippen molar-refractivity contribution in [2.45, 2.75) is 38.6 Å². The smallest absolute Gasteiger partial charge is 0.256 e. The van der Waals surface area contributed by atoms with Crippen LogP contribution in [0.3, 0.4) is 0 Å². The Balaban J connectivity index is 1.92. The molecule has 1 N–H and O–H groups in total. The van der Waals surface area contributed by atoms with E-state index in [1.54, 1.807) is 37.1 Å². The van der Waals surface area contributed by atoms with Gasteiger partial charge in [0.2, 0.25) is 0 Å². The van der Waals surface area contributed by atoms with E-state index in [2.05, 4.69) is 5.32 Å². The van der Waals surface area contributed by atoms with Crippen LogP contribution in [0.25, 0.3) is 0 Å². The molecule has 0 spiro atoms. The number of hydrogen-bond donors (Lipinski definition) is 1. The van der Waals surface area contributed by atoms with Crippen molar-refractivity contribution in [2.75, 3.05) is 20.1 Å². The van der Waals surface area contributed by atoms with E-state index in [1.165, 1.54) is 19.3 Å². The zero-order valence-electron chi connectivity index (χ0n) is 12.3. The Hall–Kier alpha value is -1.42. The summed E-state index contributed by atoms with van der Waals surface area (Å²) in [5, 5.41) is 3.46. The van der Waals surface area contributed by atoms with Crippen LogP contribution < -0.4 is 5.32 Å². The van der Waals surface area contributed by atoms with Crippen molar-refractivity contribution in [3.8, 4) is 0 Å². The quantitative estimate of drug-likeness (QED) is 0.918. The van der Waals surface area contributed by atoms with Gasteiger partial charge in [-0.25, -0.2) is 4.39 Å². The van der Waals surface area contributed by atoms with Crippen molar-refractivity contribution in [3.63, 3.8) is 0 Å². The SMILES string of the molecule is Cc1cccc(C(=O)N(C)CCC2CCCCN2)c1F. The fourth-order valence-corrected chi connectivity index (χ4v) is 2.64. The Morgan fingerprint density at radius 1 is 1.45 bits per heavy atom. The number of aryl methyl sites for hydroxylation is 1. The summed E-state index contributed by atoms with van der Waals surface area (Å²) >= 11 is 0. The van der Waals surface area contributed by atoms with Gasteiger partial charge in [0.15, 0.2) is 0 Å². The minimum Gasteiger partial charge on any atom is -0.342 e. The van der Waals surface area contributed by atoms with Crippen LogP contribution in [0.5, 0.6) is 0 Å². The Bertz CT molecular complexity index is 470. The maximum atomic E-state index is 13.9. The molecule has 1 saturated heterocycles. The van der Waals surface area contributed by atoms with Gasteiger partial charge in [0, 0.05) is 19.6 Å². The van der Waals surface area contributed by atoms with Crippen LogP contribution in [-0.4, -0.2) is 37.0 Å². The second-order valence-corrected chi connectivity index (χ2v) is 5.60. The molecule has 20 heavy (non-hydrogen) atoms. The topological polar surface area (TPSA) is 32.3 Å². The minimum atomic E-state index is -0.403. The molecule has 1 fully saturated rings. The van der Waals surface area contributed by atoms with E-state index in [9.17, 15) is 9.18 Å². The van der Waals surface area contributed by atoms with Gasteiger partial charge in [-0.05, 0) is 44.4 Å². The lowest BCUT2D eigenvalue weighted by Crippen LogP contribution is -2.38. The van der Waals surface area contributed by atoms with Crippen LogP contribution in [-0.2, 0) is 0 Å². The molecular formula is C16H23FN2O. The molecule has 3 nitrogen and oxygen atoms in total. The molecule has 110 valence electrons. The fraction of sp³-hybridized carbons (Fsp3) is 0.562. The Labute approximate surface area is 120 Å². The molecular weight excluding hydrogens is 255 g/mol. The van der Waals surface area contributed by atoms with Crippen molar-refractivity contribution < 1.29 is 9.18 Å². The summed E-state index contributed by atoms with van der Waals surface area (Å²) in [4.78, 5) is 13.9. The maximum Gasteiger partial charge on any atom is 0.256 e. The van der Waals surface area contributed by atoms with Gasteiger partial charge in [0.1, 0.15) is 5.82 Å². The van der Waals surface area contributed by atoms with Crippen molar-refractivity contribution in [1.29, 1.82) is 0 Å². The first-order valence-corrected chi connectivity index (χ1v) is 7.33. The van der Waals surface area contributed by atoms with Crippen LogP contribution in [0.1, 0.15) is 41.6 Å². The highest BCUT2D eigenvalue weighted by molar-refractivity contribution is 5.94. The molecule has 1 unspecified atom stereocenters. The highest BCUT2D eigenvalue weighted by Crippen LogP contribution is 2.15. The summed E-state index contributed by atoms with van der Waals surface area (Å²) in [6, 6.07) is 5.45. The first kappa shape index (κ1) is 15.0. The number of nitrogens with one attached hydrogen (secondary N) is 1. The number of carbonyl (C=O) groups is 1. The van der Waals surface area contributed by atoms with Crippen molar-refractivity contribution >= 4 is 5.91 Å². The second-order valence-electron chi connectivity index (χ2n) is 5.60. The predicted octanol–water partition coefficient (Wildman–Crippen LogP) is 2.74. The third kappa shape index (κ3) is 3.57. The molecule has 0 aliphatic carbocycles. The van der Waals surface area contributed by atoms with E-state index in [1.807, 2.05) is 0 Å². The number of halogens is 1. The van der Waals surface area contributed by atoms with Crippen LogP contribution in [0.2, 0.25) is 0 Å². The Morgan fingerprint density at radius 2 is 2.25 bits per heavy atom. The summed E-state index contributed by atoms with van der Waals surface area (Å²) in [6.07, 6.45) is 4.58. The highest BCUT2D eigenvalue weighted by Gasteiger charge is 2.19. The Kier molecular flexibility index (Phi) is 5.12. The third-order valence-electron chi connectivity index (χ3n) is 3.99. The molecule has 1 aromatic carbocycles. The van der Waals surface area contributed by atoms with Gasteiger partial charge < -0.3 is 10.2 Å². The first-order chi connectivity index (χ1) is 9.59. The summed E-state index contributed by atoms with van der Waals surface area (Å²) in [5.41, 5.74) is 0.683. The molecule has 1 aromatic rings. The zero-order chi connectivity index (χ0) is 14.5. The van der Waals surface area contributed by atoms with Crippen LogP contribution >= 0.6 is 0 Å². The third-order valence-corrected chi connectivity index (χ3v) is 3.99. The van der Waals surface area contributed by atoms with Gasteiger partial charge >= 0.3 is 0 Å². The number of benzene rings is 1. The molecule has 4 heteroatoms. The average molecular weight is 278 g/mol. The summed E-state index contributed by atoms with van der Waals surface area (Å²) < 4.78 is 13.9. The van der Waals surface area contributed by atoms with Crippen LogP contribution in [0.15, 0.2) is 18.2 Å². The molecule has 1 atom stereocenters. The predicted molar refractivity (Wildman–Crippen MR) is 78.4 cm³/mol. The second kappa shape index (κ2) is 6.84. The number of nitrogens with zero attached hydrogens (tertiary/aromatic N) is 1. The van der Waals surface area contributed by atoms with E-state index in [0.717, 1.165) is 13.0 Å². The molecule has 1 aliphatic rings. The summed E-state index contributed by atoms with van der Waals surface area (Å²) in [7, 11) is 1.74. The van der Waals surface area contributed by atoms with Crippen molar-refractivity contribution in [2.24, 2.45) is 0 Å². The first-order valence-electron chi connectivity index (χ1n) is 7.33. The van der Waals surface area contributed by atoms with Crippen molar-refractivity contribution in [3.05, 3.63) is 35.1 Å². The van der Waals surface area contributed by atoms with E-state index in [-0.39, 0.29) is 11.5 Å². The summed E-state index contributed by atoms with van der Waals surface area (Å²) in [6.45, 7) is 3.40. The maximum absolute atomic E-state index is 13.9. The highest BCUT2D eigenvalue weighted by atomic mass is 19.1. The van der Waals surface area contributed by atoms with E-state index >= 15 is 0 Å². The standard InChI is InChI=1S/C16H23FN2O/c1-12-6-5-8-14(15(12)17)16(20)19(2)11-9-13-7-3-4-10-18-13/h5-6,8,13,18H,3-4,7,9-11H2,1-2H3. The fourth-order valence-electron chi connectivity index (χ4n) is 2.64. The number of hydrogen-bond acceptors (Lipinski definition) is 2. The zero-order valence-corrected chi connectivity index (χ0v) is 12.3. The minimum absolute atomic E-state index is 0.170. The van der Waals surface area contributed by atoms with Gasteiger partial charge in [-0.15, -0.1) is 0 Å². The van der Waals surface area contributed by atoms with Crippen LogP contribution in [0, 0.1) is 12.7 Å². The summed E-state index contributed by atoms with van der Waals surface area (Å²) in [5.74, 6) is -0.637. The molecule has 0 saturated carbocycles. The number of amides is 1. The molecule has 0 bridgehead atoms. The molecule has 0 radical (unpaired) electrons. The number of carbonyl (C=O) groups excluding carboxylic acids is 1. The van der Waals surface area contributed by atoms with E-state index in [4.69, 9.17) is 0 Å². The van der Waals surface area contributed by atoms with Crippen LogP contribution in [0.4, 0.5) is 4.39 Å². The molecule has 2 rings (SSSR count). The lowest BCUT2D eigenvalue weighted by Gasteiger charge is -2.26. The average Bonchev–Trinajstić information content (AvgIpc) is 2.48. The lowest BCUT2D eigenvalue weighted by atomic mass is 10.0. The molecule has 1 heterocycles.